The van der Waals surface area contributed by atoms with E-state index in [4.69, 9.17) is 23.2 Å². The Balaban J connectivity index is 2.86. The number of rotatable bonds is 2. The Morgan fingerprint density at radius 2 is 2.18 bits per heavy atom. The lowest BCUT2D eigenvalue weighted by atomic mass is 10.2. The standard InChI is InChI=1S/C8H9Cl2N/c1-6-2-3-7(11-5-9)4-8(6)10/h2-4,11H,5H2,1H3. The van der Waals surface area contributed by atoms with Crippen molar-refractivity contribution in [3.8, 4) is 0 Å². The van der Waals surface area contributed by atoms with Gasteiger partial charge in [0.25, 0.3) is 0 Å². The van der Waals surface area contributed by atoms with Crippen molar-refractivity contribution in [3.63, 3.8) is 0 Å². The van der Waals surface area contributed by atoms with Crippen LogP contribution in [0.1, 0.15) is 5.56 Å². The minimum absolute atomic E-state index is 0.402. The summed E-state index contributed by atoms with van der Waals surface area (Å²) in [5.74, 6) is 0. The second kappa shape index (κ2) is 3.84. The second-order valence-electron chi connectivity index (χ2n) is 2.27. The van der Waals surface area contributed by atoms with E-state index in [-0.39, 0.29) is 0 Å². The fourth-order valence-corrected chi connectivity index (χ4v) is 1.11. The molecule has 60 valence electrons. The van der Waals surface area contributed by atoms with E-state index in [2.05, 4.69) is 5.32 Å². The number of alkyl halides is 1. The second-order valence-corrected chi connectivity index (χ2v) is 2.95. The maximum Gasteiger partial charge on any atom is 0.0901 e. The first kappa shape index (κ1) is 8.69. The molecule has 3 heteroatoms. The van der Waals surface area contributed by atoms with Crippen LogP contribution >= 0.6 is 23.2 Å². The van der Waals surface area contributed by atoms with Gasteiger partial charge in [-0.25, -0.2) is 0 Å². The molecule has 0 atom stereocenters. The zero-order valence-electron chi connectivity index (χ0n) is 6.20. The molecule has 11 heavy (non-hydrogen) atoms. The molecule has 0 amide bonds. The number of benzene rings is 1. The van der Waals surface area contributed by atoms with Crippen LogP contribution in [0.3, 0.4) is 0 Å². The predicted molar refractivity (Wildman–Crippen MR) is 50.5 cm³/mol. The molecule has 1 aromatic carbocycles. The summed E-state index contributed by atoms with van der Waals surface area (Å²) in [7, 11) is 0. The van der Waals surface area contributed by atoms with Crippen molar-refractivity contribution in [2.24, 2.45) is 0 Å². The van der Waals surface area contributed by atoms with E-state index in [0.717, 1.165) is 16.3 Å². The van der Waals surface area contributed by atoms with Gasteiger partial charge in [-0.15, -0.1) is 11.6 Å². The molecule has 0 aliphatic rings. The summed E-state index contributed by atoms with van der Waals surface area (Å²) in [4.78, 5) is 0. The molecule has 1 rings (SSSR count). The third-order valence-electron chi connectivity index (χ3n) is 1.44. The lowest BCUT2D eigenvalue weighted by Gasteiger charge is -2.03. The van der Waals surface area contributed by atoms with Crippen LogP contribution in [0, 0.1) is 6.92 Å². The largest absolute Gasteiger partial charge is 0.372 e. The first-order valence-electron chi connectivity index (χ1n) is 3.30. The summed E-state index contributed by atoms with van der Waals surface area (Å²) in [6, 6.07) is 6.17. The van der Waals surface area contributed by atoms with Gasteiger partial charge in [-0.1, -0.05) is 17.7 Å². The first-order chi connectivity index (χ1) is 5.24. The van der Waals surface area contributed by atoms with Gasteiger partial charge in [0, 0.05) is 10.7 Å². The van der Waals surface area contributed by atoms with Crippen LogP contribution in [0.15, 0.2) is 18.2 Å². The van der Waals surface area contributed by atoms with Crippen LogP contribution < -0.4 is 5.32 Å². The average molecular weight is 190 g/mol. The molecule has 1 nitrogen and oxygen atoms in total. The van der Waals surface area contributed by atoms with Gasteiger partial charge in [0.2, 0.25) is 0 Å². The Kier molecular flexibility index (Phi) is 3.03. The molecule has 0 aromatic heterocycles. The molecule has 0 radical (unpaired) electrons. The van der Waals surface area contributed by atoms with Gasteiger partial charge < -0.3 is 5.32 Å². The number of hydrogen-bond donors (Lipinski definition) is 1. The molecular weight excluding hydrogens is 181 g/mol. The van der Waals surface area contributed by atoms with Crippen molar-refractivity contribution in [1.29, 1.82) is 0 Å². The summed E-state index contributed by atoms with van der Waals surface area (Å²) in [5, 5.41) is 3.72. The fraction of sp³-hybridized carbons (Fsp3) is 0.250. The molecule has 0 heterocycles. The van der Waals surface area contributed by atoms with Crippen LogP contribution in [-0.4, -0.2) is 6.00 Å². The topological polar surface area (TPSA) is 12.0 Å². The predicted octanol–water partition coefficient (Wildman–Crippen LogP) is 3.26. The highest BCUT2D eigenvalue weighted by Crippen LogP contribution is 2.19. The van der Waals surface area contributed by atoms with Gasteiger partial charge in [-0.3, -0.25) is 0 Å². The van der Waals surface area contributed by atoms with E-state index in [0.29, 0.717) is 6.00 Å². The molecular formula is C8H9Cl2N. The first-order valence-corrected chi connectivity index (χ1v) is 4.21. The maximum absolute atomic E-state index is 5.87. The Labute approximate surface area is 76.3 Å². The molecule has 0 aliphatic heterocycles. The van der Waals surface area contributed by atoms with Crippen LogP contribution in [0.4, 0.5) is 5.69 Å². The van der Waals surface area contributed by atoms with E-state index in [9.17, 15) is 0 Å². The minimum Gasteiger partial charge on any atom is -0.372 e. The monoisotopic (exact) mass is 189 g/mol. The molecule has 0 fully saturated rings. The average Bonchev–Trinajstić information content (AvgIpc) is 1.98. The zero-order chi connectivity index (χ0) is 8.27. The summed E-state index contributed by atoms with van der Waals surface area (Å²) < 4.78 is 0. The van der Waals surface area contributed by atoms with Gasteiger partial charge in [-0.05, 0) is 24.6 Å². The number of nitrogens with one attached hydrogen (secondary N) is 1. The van der Waals surface area contributed by atoms with E-state index in [1.807, 2.05) is 25.1 Å². The molecule has 0 saturated carbocycles. The Morgan fingerprint density at radius 1 is 1.45 bits per heavy atom. The summed E-state index contributed by atoms with van der Waals surface area (Å²) in [6.07, 6.45) is 0. The van der Waals surface area contributed by atoms with Gasteiger partial charge in [0.1, 0.15) is 0 Å². The Bertz CT molecular complexity index is 248. The lowest BCUT2D eigenvalue weighted by molar-refractivity contribution is 1.41. The highest BCUT2D eigenvalue weighted by atomic mass is 35.5. The summed E-state index contributed by atoms with van der Waals surface area (Å²) in [5.41, 5.74) is 2.03. The molecule has 0 spiro atoms. The van der Waals surface area contributed by atoms with Gasteiger partial charge >= 0.3 is 0 Å². The van der Waals surface area contributed by atoms with Gasteiger partial charge in [0.15, 0.2) is 0 Å². The van der Waals surface area contributed by atoms with E-state index in [1.165, 1.54) is 0 Å². The molecule has 0 aliphatic carbocycles. The van der Waals surface area contributed by atoms with E-state index < -0.39 is 0 Å². The van der Waals surface area contributed by atoms with E-state index >= 15 is 0 Å². The van der Waals surface area contributed by atoms with E-state index in [1.54, 1.807) is 0 Å². The van der Waals surface area contributed by atoms with Crippen molar-refractivity contribution >= 4 is 28.9 Å². The minimum atomic E-state index is 0.402. The molecule has 0 bridgehead atoms. The highest BCUT2D eigenvalue weighted by Gasteiger charge is 1.95. The van der Waals surface area contributed by atoms with Crippen molar-refractivity contribution in [3.05, 3.63) is 28.8 Å². The smallest absolute Gasteiger partial charge is 0.0901 e. The Morgan fingerprint density at radius 3 is 2.73 bits per heavy atom. The quantitative estimate of drug-likeness (QED) is 0.557. The fourth-order valence-electron chi connectivity index (χ4n) is 0.780. The van der Waals surface area contributed by atoms with Gasteiger partial charge in [0.05, 0.1) is 6.00 Å². The number of hydrogen-bond acceptors (Lipinski definition) is 1. The van der Waals surface area contributed by atoms with Crippen molar-refractivity contribution in [2.75, 3.05) is 11.3 Å². The number of halogens is 2. The molecule has 0 unspecified atom stereocenters. The Hall–Kier alpha value is -0.400. The normalized spacial score (nSPS) is 9.73. The maximum atomic E-state index is 5.87. The van der Waals surface area contributed by atoms with Crippen LogP contribution in [0.2, 0.25) is 5.02 Å². The van der Waals surface area contributed by atoms with Crippen LogP contribution in [0.25, 0.3) is 0 Å². The highest BCUT2D eigenvalue weighted by molar-refractivity contribution is 6.31. The molecule has 0 saturated heterocycles. The molecule has 1 aromatic rings. The van der Waals surface area contributed by atoms with Crippen LogP contribution in [0.5, 0.6) is 0 Å². The van der Waals surface area contributed by atoms with Crippen LogP contribution in [-0.2, 0) is 0 Å². The summed E-state index contributed by atoms with van der Waals surface area (Å²) in [6.45, 7) is 1.97. The van der Waals surface area contributed by atoms with Crippen molar-refractivity contribution in [2.45, 2.75) is 6.92 Å². The lowest BCUT2D eigenvalue weighted by Crippen LogP contribution is -1.93. The third-order valence-corrected chi connectivity index (χ3v) is 1.98. The van der Waals surface area contributed by atoms with Crippen molar-refractivity contribution < 1.29 is 0 Å². The number of aryl methyl sites for hydroxylation is 1. The molecule has 1 N–H and O–H groups in total. The van der Waals surface area contributed by atoms with Crippen molar-refractivity contribution in [1.82, 2.24) is 0 Å². The summed E-state index contributed by atoms with van der Waals surface area (Å²) >= 11 is 11.3. The zero-order valence-corrected chi connectivity index (χ0v) is 7.71. The number of anilines is 1. The SMILES string of the molecule is Cc1ccc(NCCl)cc1Cl. The van der Waals surface area contributed by atoms with Gasteiger partial charge in [-0.2, -0.15) is 0 Å². The third kappa shape index (κ3) is 2.28.